The molecule has 4 rings (SSSR count). The molecular formula is C21H23BrN4O. The highest BCUT2D eigenvalue weighted by Crippen LogP contribution is 2.28. The van der Waals surface area contributed by atoms with E-state index >= 15 is 0 Å². The van der Waals surface area contributed by atoms with Crippen LogP contribution in [0.4, 0.5) is 0 Å². The number of para-hydroxylation sites is 2. The lowest BCUT2D eigenvalue weighted by atomic mass is 9.96. The van der Waals surface area contributed by atoms with Crippen LogP contribution in [0, 0.1) is 0 Å². The van der Waals surface area contributed by atoms with Crippen molar-refractivity contribution in [1.82, 2.24) is 14.9 Å². The number of aromatic nitrogens is 2. The van der Waals surface area contributed by atoms with Gasteiger partial charge in [0.05, 0.1) is 11.0 Å². The van der Waals surface area contributed by atoms with Crippen LogP contribution in [-0.2, 0) is 4.79 Å². The van der Waals surface area contributed by atoms with Crippen LogP contribution in [0.1, 0.15) is 42.6 Å². The summed E-state index contributed by atoms with van der Waals surface area (Å²) in [5, 5.41) is 0. The summed E-state index contributed by atoms with van der Waals surface area (Å²) in [4.78, 5) is 22.9. The van der Waals surface area contributed by atoms with Crippen LogP contribution in [0.3, 0.4) is 0 Å². The smallest absolute Gasteiger partial charge is 0.224 e. The standard InChI is InChI=1S/C21H23BrN4O/c22-16-7-3-5-14(11-16)17(23)12-20(27)26-10-4-6-15(13-26)21-24-18-8-1-2-9-19(18)25-21/h1-3,5,7-9,11,15,17H,4,6,10,12-13,23H2,(H,24,25)/t15?,17-/m0/s1. The van der Waals surface area contributed by atoms with Crippen LogP contribution in [0.5, 0.6) is 0 Å². The summed E-state index contributed by atoms with van der Waals surface area (Å²) in [6.07, 6.45) is 2.35. The van der Waals surface area contributed by atoms with E-state index in [2.05, 4.69) is 20.9 Å². The first-order chi connectivity index (χ1) is 13.1. The number of rotatable bonds is 4. The molecule has 6 heteroatoms. The second kappa shape index (κ2) is 7.82. The molecule has 2 aromatic carbocycles. The Kier molecular flexibility index (Phi) is 5.27. The van der Waals surface area contributed by atoms with E-state index in [1.165, 1.54) is 0 Å². The summed E-state index contributed by atoms with van der Waals surface area (Å²) in [6, 6.07) is 15.6. The van der Waals surface area contributed by atoms with E-state index in [0.717, 1.165) is 46.3 Å². The highest BCUT2D eigenvalue weighted by atomic mass is 79.9. The SMILES string of the molecule is N[C@@H](CC(=O)N1CCCC(c2nc3ccccc3[nH]2)C1)c1cccc(Br)c1. The molecule has 1 aliphatic rings. The zero-order valence-corrected chi connectivity index (χ0v) is 16.7. The molecule has 3 aromatic rings. The Morgan fingerprint density at radius 3 is 2.96 bits per heavy atom. The molecule has 1 unspecified atom stereocenters. The number of nitrogens with zero attached hydrogens (tertiary/aromatic N) is 2. The number of imidazole rings is 1. The van der Waals surface area contributed by atoms with E-state index in [4.69, 9.17) is 10.7 Å². The normalized spacial score (nSPS) is 18.6. The number of nitrogens with two attached hydrogens (primary N) is 1. The van der Waals surface area contributed by atoms with Crippen LogP contribution in [0.25, 0.3) is 11.0 Å². The Balaban J connectivity index is 1.43. The molecule has 3 N–H and O–H groups in total. The van der Waals surface area contributed by atoms with Crippen molar-refractivity contribution in [2.75, 3.05) is 13.1 Å². The fourth-order valence-electron chi connectivity index (χ4n) is 3.77. The van der Waals surface area contributed by atoms with Crippen molar-refractivity contribution in [2.24, 2.45) is 5.73 Å². The number of amides is 1. The molecule has 27 heavy (non-hydrogen) atoms. The average molecular weight is 427 g/mol. The van der Waals surface area contributed by atoms with Gasteiger partial charge in [-0.25, -0.2) is 4.98 Å². The van der Waals surface area contributed by atoms with Gasteiger partial charge in [-0.15, -0.1) is 0 Å². The summed E-state index contributed by atoms with van der Waals surface area (Å²) >= 11 is 3.46. The summed E-state index contributed by atoms with van der Waals surface area (Å²) in [5.74, 6) is 1.34. The first-order valence-electron chi connectivity index (χ1n) is 9.33. The van der Waals surface area contributed by atoms with Crippen molar-refractivity contribution in [2.45, 2.75) is 31.2 Å². The molecule has 0 bridgehead atoms. The van der Waals surface area contributed by atoms with Gasteiger partial charge < -0.3 is 15.6 Å². The average Bonchev–Trinajstić information content (AvgIpc) is 3.12. The third-order valence-corrected chi connectivity index (χ3v) is 5.73. The van der Waals surface area contributed by atoms with Gasteiger partial charge in [0.1, 0.15) is 5.82 Å². The monoisotopic (exact) mass is 426 g/mol. The minimum Gasteiger partial charge on any atom is -0.342 e. The highest BCUT2D eigenvalue weighted by molar-refractivity contribution is 9.10. The van der Waals surface area contributed by atoms with Crippen LogP contribution in [0.15, 0.2) is 53.0 Å². The quantitative estimate of drug-likeness (QED) is 0.658. The van der Waals surface area contributed by atoms with Crippen LogP contribution in [0.2, 0.25) is 0 Å². The molecule has 5 nitrogen and oxygen atoms in total. The number of likely N-dealkylation sites (tertiary alicyclic amines) is 1. The summed E-state index contributed by atoms with van der Waals surface area (Å²) in [6.45, 7) is 1.49. The predicted molar refractivity (Wildman–Crippen MR) is 110 cm³/mol. The zero-order valence-electron chi connectivity index (χ0n) is 15.1. The van der Waals surface area contributed by atoms with Gasteiger partial charge >= 0.3 is 0 Å². The van der Waals surface area contributed by atoms with Gasteiger partial charge in [0.25, 0.3) is 0 Å². The summed E-state index contributed by atoms with van der Waals surface area (Å²) in [5.41, 5.74) is 9.28. The van der Waals surface area contributed by atoms with Gasteiger partial charge in [0.2, 0.25) is 5.91 Å². The van der Waals surface area contributed by atoms with Crippen molar-refractivity contribution < 1.29 is 4.79 Å². The van der Waals surface area contributed by atoms with E-state index in [0.29, 0.717) is 13.0 Å². The molecule has 1 fully saturated rings. The number of halogens is 1. The van der Waals surface area contributed by atoms with Gasteiger partial charge in [-0.05, 0) is 42.7 Å². The molecule has 0 radical (unpaired) electrons. The van der Waals surface area contributed by atoms with Gasteiger partial charge in [-0.3, -0.25) is 4.79 Å². The molecular weight excluding hydrogens is 404 g/mol. The molecule has 2 atom stereocenters. The van der Waals surface area contributed by atoms with Crippen molar-refractivity contribution in [1.29, 1.82) is 0 Å². The second-order valence-corrected chi connectivity index (χ2v) is 8.10. The van der Waals surface area contributed by atoms with Crippen LogP contribution < -0.4 is 5.73 Å². The number of H-pyrrole nitrogens is 1. The molecule has 2 heterocycles. The van der Waals surface area contributed by atoms with E-state index in [1.54, 1.807) is 0 Å². The minimum atomic E-state index is -0.290. The Hall–Kier alpha value is -2.18. The second-order valence-electron chi connectivity index (χ2n) is 7.18. The van der Waals surface area contributed by atoms with Crippen LogP contribution >= 0.6 is 15.9 Å². The van der Waals surface area contributed by atoms with Crippen molar-refractivity contribution in [3.63, 3.8) is 0 Å². The van der Waals surface area contributed by atoms with E-state index in [1.807, 2.05) is 53.4 Å². The lowest BCUT2D eigenvalue weighted by molar-refractivity contribution is -0.132. The Bertz CT molecular complexity index is 921. The van der Waals surface area contributed by atoms with Crippen LogP contribution in [-0.4, -0.2) is 33.9 Å². The third kappa shape index (κ3) is 4.06. The van der Waals surface area contributed by atoms with E-state index in [-0.39, 0.29) is 17.9 Å². The Morgan fingerprint density at radius 1 is 1.30 bits per heavy atom. The molecule has 1 saturated heterocycles. The van der Waals surface area contributed by atoms with Gasteiger partial charge in [0, 0.05) is 35.9 Å². The molecule has 1 aliphatic heterocycles. The number of benzene rings is 2. The molecule has 1 aromatic heterocycles. The number of carbonyl (C=O) groups is 1. The molecule has 0 aliphatic carbocycles. The number of nitrogens with one attached hydrogen (secondary N) is 1. The van der Waals surface area contributed by atoms with Gasteiger partial charge in [-0.1, -0.05) is 40.2 Å². The molecule has 1 amide bonds. The summed E-state index contributed by atoms with van der Waals surface area (Å²) < 4.78 is 0.978. The first-order valence-corrected chi connectivity index (χ1v) is 10.1. The number of hydrogen-bond donors (Lipinski definition) is 2. The minimum absolute atomic E-state index is 0.114. The highest BCUT2D eigenvalue weighted by Gasteiger charge is 2.27. The number of piperidine rings is 1. The number of aromatic amines is 1. The number of hydrogen-bond acceptors (Lipinski definition) is 3. The van der Waals surface area contributed by atoms with E-state index < -0.39 is 0 Å². The van der Waals surface area contributed by atoms with E-state index in [9.17, 15) is 4.79 Å². The third-order valence-electron chi connectivity index (χ3n) is 5.24. The molecule has 0 spiro atoms. The molecule has 0 saturated carbocycles. The predicted octanol–water partition coefficient (Wildman–Crippen LogP) is 4.12. The maximum atomic E-state index is 12.8. The van der Waals surface area contributed by atoms with Crippen molar-refractivity contribution >= 4 is 32.9 Å². The first kappa shape index (κ1) is 18.2. The maximum Gasteiger partial charge on any atom is 0.224 e. The topological polar surface area (TPSA) is 75.0 Å². The lowest BCUT2D eigenvalue weighted by Gasteiger charge is -2.32. The fraction of sp³-hybridized carbons (Fsp3) is 0.333. The van der Waals surface area contributed by atoms with Gasteiger partial charge in [0.15, 0.2) is 0 Å². The zero-order chi connectivity index (χ0) is 18.8. The largest absolute Gasteiger partial charge is 0.342 e. The number of fused-ring (bicyclic) bond motifs is 1. The molecule has 140 valence electrons. The fourth-order valence-corrected chi connectivity index (χ4v) is 4.18. The maximum absolute atomic E-state index is 12.8. The van der Waals surface area contributed by atoms with Crippen molar-refractivity contribution in [3.8, 4) is 0 Å². The number of carbonyl (C=O) groups excluding carboxylic acids is 1. The lowest BCUT2D eigenvalue weighted by Crippen LogP contribution is -2.40. The Morgan fingerprint density at radius 2 is 2.15 bits per heavy atom. The summed E-state index contributed by atoms with van der Waals surface area (Å²) in [7, 11) is 0. The van der Waals surface area contributed by atoms with Gasteiger partial charge in [-0.2, -0.15) is 0 Å². The Labute approximate surface area is 167 Å². The van der Waals surface area contributed by atoms with Crippen molar-refractivity contribution in [3.05, 3.63) is 64.4 Å².